The number of nitro benzene ring substituents is 1. The lowest BCUT2D eigenvalue weighted by Gasteiger charge is -2.31. The summed E-state index contributed by atoms with van der Waals surface area (Å²) >= 11 is 0. The van der Waals surface area contributed by atoms with E-state index in [1.165, 1.54) is 22.4 Å². The minimum Gasteiger partial charge on any atom is -0.350 e. The molecule has 1 aliphatic rings. The van der Waals surface area contributed by atoms with Crippen molar-refractivity contribution >= 4 is 5.69 Å². The molecule has 3 aromatic rings. The molecule has 0 aliphatic carbocycles. The summed E-state index contributed by atoms with van der Waals surface area (Å²) in [6.07, 6.45) is 3.21. The largest absolute Gasteiger partial charge is 0.350 e. The van der Waals surface area contributed by atoms with E-state index < -0.39 is 0 Å². The SMILES string of the molecule is Cc1cc(C)cc(CN2CCCn3cccc3C2c2ccc([N+](=O)[O-])cc2)c1. The summed E-state index contributed by atoms with van der Waals surface area (Å²) in [4.78, 5) is 13.2. The molecule has 0 saturated carbocycles. The van der Waals surface area contributed by atoms with Crippen molar-refractivity contribution in [2.75, 3.05) is 6.54 Å². The van der Waals surface area contributed by atoms with E-state index in [9.17, 15) is 10.1 Å². The highest BCUT2D eigenvalue weighted by molar-refractivity contribution is 5.38. The second-order valence-electron chi connectivity index (χ2n) is 7.70. The van der Waals surface area contributed by atoms with Crippen LogP contribution in [0.15, 0.2) is 60.8 Å². The molecule has 5 nitrogen and oxygen atoms in total. The van der Waals surface area contributed by atoms with Crippen LogP contribution >= 0.6 is 0 Å². The maximum absolute atomic E-state index is 11.1. The first-order valence-electron chi connectivity index (χ1n) is 9.72. The molecule has 0 fully saturated rings. The summed E-state index contributed by atoms with van der Waals surface area (Å²) in [6.45, 7) is 7.11. The molecule has 1 atom stereocenters. The number of nitrogens with zero attached hydrogens (tertiary/aromatic N) is 3. The molecule has 0 N–H and O–H groups in total. The summed E-state index contributed by atoms with van der Waals surface area (Å²) in [5.74, 6) is 0. The average molecular weight is 375 g/mol. The third-order valence-corrected chi connectivity index (χ3v) is 5.44. The van der Waals surface area contributed by atoms with Gasteiger partial charge in [-0.15, -0.1) is 0 Å². The molecule has 2 aromatic carbocycles. The summed E-state index contributed by atoms with van der Waals surface area (Å²) in [6, 6.07) is 18.1. The number of aryl methyl sites for hydroxylation is 3. The molecule has 2 heterocycles. The van der Waals surface area contributed by atoms with Gasteiger partial charge < -0.3 is 4.57 Å². The Balaban J connectivity index is 1.73. The van der Waals surface area contributed by atoms with Crippen molar-refractivity contribution in [2.45, 2.75) is 39.4 Å². The number of benzene rings is 2. The van der Waals surface area contributed by atoms with E-state index >= 15 is 0 Å². The first-order chi connectivity index (χ1) is 13.5. The molecule has 1 aromatic heterocycles. The number of non-ortho nitro benzene ring substituents is 1. The van der Waals surface area contributed by atoms with Crippen LogP contribution in [0, 0.1) is 24.0 Å². The van der Waals surface area contributed by atoms with Crippen LogP contribution in [-0.2, 0) is 13.1 Å². The number of hydrogen-bond donors (Lipinski definition) is 0. The van der Waals surface area contributed by atoms with Crippen LogP contribution in [0.3, 0.4) is 0 Å². The monoisotopic (exact) mass is 375 g/mol. The maximum atomic E-state index is 11.1. The molecule has 0 bridgehead atoms. The molecule has 0 amide bonds. The van der Waals surface area contributed by atoms with Gasteiger partial charge in [0.1, 0.15) is 0 Å². The highest BCUT2D eigenvalue weighted by Gasteiger charge is 2.27. The summed E-state index contributed by atoms with van der Waals surface area (Å²) in [7, 11) is 0. The van der Waals surface area contributed by atoms with Gasteiger partial charge in [-0.05, 0) is 43.5 Å². The third kappa shape index (κ3) is 3.71. The average Bonchev–Trinajstić information content (AvgIpc) is 3.03. The van der Waals surface area contributed by atoms with Crippen LogP contribution in [0.5, 0.6) is 0 Å². The minimum atomic E-state index is -0.340. The van der Waals surface area contributed by atoms with Crippen molar-refractivity contribution in [1.82, 2.24) is 9.47 Å². The Labute approximate surface area is 165 Å². The molecule has 144 valence electrons. The Bertz CT molecular complexity index is 971. The van der Waals surface area contributed by atoms with E-state index in [-0.39, 0.29) is 16.7 Å². The number of aromatic nitrogens is 1. The van der Waals surface area contributed by atoms with Crippen LogP contribution in [0.4, 0.5) is 5.69 Å². The van der Waals surface area contributed by atoms with Gasteiger partial charge in [0.25, 0.3) is 5.69 Å². The van der Waals surface area contributed by atoms with E-state index in [2.05, 4.69) is 59.8 Å². The van der Waals surface area contributed by atoms with E-state index in [0.717, 1.165) is 31.6 Å². The first-order valence-corrected chi connectivity index (χ1v) is 9.72. The van der Waals surface area contributed by atoms with Gasteiger partial charge in [-0.25, -0.2) is 0 Å². The molecule has 28 heavy (non-hydrogen) atoms. The highest BCUT2D eigenvalue weighted by atomic mass is 16.6. The van der Waals surface area contributed by atoms with E-state index in [1.807, 2.05) is 12.1 Å². The van der Waals surface area contributed by atoms with Crippen LogP contribution in [0.1, 0.15) is 40.4 Å². The minimum absolute atomic E-state index is 0.0825. The fraction of sp³-hybridized carbons (Fsp3) is 0.304. The predicted molar refractivity (Wildman–Crippen MR) is 110 cm³/mol. The van der Waals surface area contributed by atoms with Crippen LogP contribution < -0.4 is 0 Å². The Morgan fingerprint density at radius 1 is 1.04 bits per heavy atom. The summed E-state index contributed by atoms with van der Waals surface area (Å²) in [5, 5.41) is 11.1. The van der Waals surface area contributed by atoms with Gasteiger partial charge in [0, 0.05) is 43.7 Å². The van der Waals surface area contributed by atoms with Crippen molar-refractivity contribution in [3.05, 3.63) is 98.9 Å². The quantitative estimate of drug-likeness (QED) is 0.476. The molecule has 0 radical (unpaired) electrons. The van der Waals surface area contributed by atoms with Crippen molar-refractivity contribution in [3.8, 4) is 0 Å². The van der Waals surface area contributed by atoms with Crippen LogP contribution in [0.2, 0.25) is 0 Å². The van der Waals surface area contributed by atoms with Crippen molar-refractivity contribution in [1.29, 1.82) is 0 Å². The van der Waals surface area contributed by atoms with Gasteiger partial charge in [0.15, 0.2) is 0 Å². The molecule has 5 heteroatoms. The molecular weight excluding hydrogens is 350 g/mol. The fourth-order valence-corrected chi connectivity index (χ4v) is 4.36. The van der Waals surface area contributed by atoms with Crippen molar-refractivity contribution in [3.63, 3.8) is 0 Å². The molecule has 1 aliphatic heterocycles. The van der Waals surface area contributed by atoms with E-state index in [0.29, 0.717) is 0 Å². The number of nitro groups is 1. The van der Waals surface area contributed by atoms with Crippen molar-refractivity contribution in [2.24, 2.45) is 0 Å². The Kier molecular flexibility index (Phi) is 5.01. The lowest BCUT2D eigenvalue weighted by atomic mass is 10.00. The van der Waals surface area contributed by atoms with Gasteiger partial charge in [-0.1, -0.05) is 41.5 Å². The molecule has 0 spiro atoms. The third-order valence-electron chi connectivity index (χ3n) is 5.44. The topological polar surface area (TPSA) is 51.3 Å². The van der Waals surface area contributed by atoms with Crippen LogP contribution in [0.25, 0.3) is 0 Å². The zero-order valence-electron chi connectivity index (χ0n) is 16.3. The zero-order chi connectivity index (χ0) is 19.7. The number of rotatable bonds is 4. The molecule has 4 rings (SSSR count). The lowest BCUT2D eigenvalue weighted by Crippen LogP contribution is -2.29. The second-order valence-corrected chi connectivity index (χ2v) is 7.70. The highest BCUT2D eigenvalue weighted by Crippen LogP contribution is 2.34. The zero-order valence-corrected chi connectivity index (χ0v) is 16.3. The van der Waals surface area contributed by atoms with Crippen LogP contribution in [-0.4, -0.2) is 20.9 Å². The lowest BCUT2D eigenvalue weighted by molar-refractivity contribution is -0.384. The van der Waals surface area contributed by atoms with Crippen molar-refractivity contribution < 1.29 is 4.92 Å². The smallest absolute Gasteiger partial charge is 0.269 e. The standard InChI is InChI=1S/C23H25N3O2/c1-17-13-18(2)15-19(14-17)16-25-12-4-11-24-10-3-5-22(24)23(25)20-6-8-21(9-7-20)26(27)28/h3,5-10,13-15,23H,4,11-12,16H2,1-2H3. The molecular formula is C23H25N3O2. The van der Waals surface area contributed by atoms with Gasteiger partial charge in [0.2, 0.25) is 0 Å². The predicted octanol–water partition coefficient (Wildman–Crippen LogP) is 5.01. The normalized spacial score (nSPS) is 17.1. The second kappa shape index (κ2) is 7.60. The molecule has 0 saturated heterocycles. The summed E-state index contributed by atoms with van der Waals surface area (Å²) < 4.78 is 2.31. The molecule has 1 unspecified atom stereocenters. The van der Waals surface area contributed by atoms with Gasteiger partial charge in [-0.2, -0.15) is 0 Å². The van der Waals surface area contributed by atoms with Gasteiger partial charge in [0.05, 0.1) is 11.0 Å². The number of fused-ring (bicyclic) bond motifs is 1. The summed E-state index contributed by atoms with van der Waals surface area (Å²) in [5.41, 5.74) is 6.34. The number of hydrogen-bond acceptors (Lipinski definition) is 3. The maximum Gasteiger partial charge on any atom is 0.269 e. The fourth-order valence-electron chi connectivity index (χ4n) is 4.36. The Morgan fingerprint density at radius 3 is 2.43 bits per heavy atom. The van der Waals surface area contributed by atoms with E-state index in [4.69, 9.17) is 0 Å². The first kappa shape index (κ1) is 18.4. The Morgan fingerprint density at radius 2 is 1.75 bits per heavy atom. The van der Waals surface area contributed by atoms with Gasteiger partial charge >= 0.3 is 0 Å². The Hall–Kier alpha value is -2.92. The van der Waals surface area contributed by atoms with E-state index in [1.54, 1.807) is 12.1 Å². The van der Waals surface area contributed by atoms with Gasteiger partial charge in [-0.3, -0.25) is 15.0 Å².